The fourth-order valence-corrected chi connectivity index (χ4v) is 2.53. The molecular weight excluding hydrogens is 328 g/mol. The van der Waals surface area contributed by atoms with Gasteiger partial charge in [0.25, 0.3) is 0 Å². The van der Waals surface area contributed by atoms with Crippen LogP contribution in [0.5, 0.6) is 0 Å². The zero-order valence-electron chi connectivity index (χ0n) is 14.6. The van der Waals surface area contributed by atoms with E-state index >= 15 is 0 Å². The van der Waals surface area contributed by atoms with E-state index in [1.807, 2.05) is 36.9 Å². The number of pyridine rings is 2. The largest absolute Gasteiger partial charge is 0.397 e. The normalized spacial score (nSPS) is 10.2. The first kappa shape index (κ1) is 17.2. The SMILES string of the molecule is Cn1cncc1-c1ccncc1N.Cn1nccc1-c1ccncc1N. The molecule has 0 amide bonds. The van der Waals surface area contributed by atoms with Crippen molar-refractivity contribution in [3.05, 3.63) is 61.7 Å². The van der Waals surface area contributed by atoms with Gasteiger partial charge in [-0.25, -0.2) is 4.98 Å². The van der Waals surface area contributed by atoms with E-state index in [0.717, 1.165) is 22.5 Å². The van der Waals surface area contributed by atoms with Crippen LogP contribution in [0, 0.1) is 0 Å². The van der Waals surface area contributed by atoms with E-state index in [1.54, 1.807) is 48.2 Å². The van der Waals surface area contributed by atoms with Gasteiger partial charge in [-0.3, -0.25) is 14.6 Å². The molecule has 4 aromatic heterocycles. The van der Waals surface area contributed by atoms with Gasteiger partial charge in [0.15, 0.2) is 0 Å². The molecule has 132 valence electrons. The first-order chi connectivity index (χ1) is 12.6. The van der Waals surface area contributed by atoms with Crippen molar-refractivity contribution in [2.24, 2.45) is 14.1 Å². The summed E-state index contributed by atoms with van der Waals surface area (Å²) < 4.78 is 3.71. The van der Waals surface area contributed by atoms with Gasteiger partial charge in [-0.15, -0.1) is 0 Å². The fraction of sp³-hybridized carbons (Fsp3) is 0.111. The highest BCUT2D eigenvalue weighted by Gasteiger charge is 2.05. The highest BCUT2D eigenvalue weighted by molar-refractivity contribution is 5.73. The minimum absolute atomic E-state index is 0.672. The number of nitrogens with zero attached hydrogens (tertiary/aromatic N) is 6. The van der Waals surface area contributed by atoms with Crippen molar-refractivity contribution in [2.45, 2.75) is 0 Å². The van der Waals surface area contributed by atoms with Crippen molar-refractivity contribution in [3.8, 4) is 22.5 Å². The Morgan fingerprint density at radius 3 is 1.81 bits per heavy atom. The summed E-state index contributed by atoms with van der Waals surface area (Å²) in [6.45, 7) is 0. The summed E-state index contributed by atoms with van der Waals surface area (Å²) in [7, 11) is 3.82. The van der Waals surface area contributed by atoms with Gasteiger partial charge in [0.05, 0.1) is 47.7 Å². The lowest BCUT2D eigenvalue weighted by atomic mass is 10.2. The Balaban J connectivity index is 0.000000151. The standard InChI is InChI=1S/2C9H10N4/c1-13-9(3-5-12-13)7-2-4-11-6-8(7)10;1-13-6-12-5-9(13)7-2-3-11-4-8(7)10/h2*2-6H,10H2,1H3. The van der Waals surface area contributed by atoms with Crippen LogP contribution in [0.4, 0.5) is 11.4 Å². The average molecular weight is 348 g/mol. The van der Waals surface area contributed by atoms with E-state index in [0.29, 0.717) is 11.4 Å². The minimum atomic E-state index is 0.672. The van der Waals surface area contributed by atoms with Gasteiger partial charge in [0.2, 0.25) is 0 Å². The van der Waals surface area contributed by atoms with Gasteiger partial charge < -0.3 is 16.0 Å². The maximum atomic E-state index is 5.78. The molecule has 4 N–H and O–H groups in total. The van der Waals surface area contributed by atoms with E-state index in [1.165, 1.54) is 0 Å². The Kier molecular flexibility index (Phi) is 4.93. The van der Waals surface area contributed by atoms with E-state index in [9.17, 15) is 0 Å². The van der Waals surface area contributed by atoms with Crippen molar-refractivity contribution in [1.82, 2.24) is 29.3 Å². The molecule has 0 atom stereocenters. The Labute approximate surface area is 151 Å². The van der Waals surface area contributed by atoms with Gasteiger partial charge in [-0.1, -0.05) is 0 Å². The first-order valence-corrected chi connectivity index (χ1v) is 7.92. The van der Waals surface area contributed by atoms with E-state index in [-0.39, 0.29) is 0 Å². The second-order valence-electron chi connectivity index (χ2n) is 5.66. The van der Waals surface area contributed by atoms with Crippen LogP contribution in [0.1, 0.15) is 0 Å². The van der Waals surface area contributed by atoms with Crippen LogP contribution in [-0.2, 0) is 14.1 Å². The molecule has 0 aliphatic rings. The minimum Gasteiger partial charge on any atom is -0.397 e. The predicted octanol–water partition coefficient (Wildman–Crippen LogP) is 2.13. The lowest BCUT2D eigenvalue weighted by molar-refractivity contribution is 0.776. The first-order valence-electron chi connectivity index (χ1n) is 7.92. The van der Waals surface area contributed by atoms with Crippen LogP contribution < -0.4 is 11.5 Å². The third-order valence-corrected chi connectivity index (χ3v) is 3.89. The van der Waals surface area contributed by atoms with Gasteiger partial charge in [-0.2, -0.15) is 5.10 Å². The van der Waals surface area contributed by atoms with Crippen molar-refractivity contribution < 1.29 is 0 Å². The molecule has 4 rings (SSSR count). The van der Waals surface area contributed by atoms with Crippen molar-refractivity contribution in [1.29, 1.82) is 0 Å². The zero-order valence-corrected chi connectivity index (χ0v) is 14.6. The molecule has 0 aromatic carbocycles. The third kappa shape index (κ3) is 3.54. The topological polar surface area (TPSA) is 113 Å². The zero-order chi connectivity index (χ0) is 18.5. The molecular formula is C18H20N8. The molecule has 26 heavy (non-hydrogen) atoms. The molecule has 8 heteroatoms. The van der Waals surface area contributed by atoms with Crippen LogP contribution in [0.15, 0.2) is 61.7 Å². The smallest absolute Gasteiger partial charge is 0.0948 e. The Bertz CT molecular complexity index is 920. The summed E-state index contributed by atoms with van der Waals surface area (Å²) in [5.41, 5.74) is 16.8. The highest BCUT2D eigenvalue weighted by atomic mass is 15.3. The summed E-state index contributed by atoms with van der Waals surface area (Å²) in [6, 6.07) is 5.68. The summed E-state index contributed by atoms with van der Waals surface area (Å²) >= 11 is 0. The molecule has 4 heterocycles. The molecule has 4 aromatic rings. The molecule has 0 fully saturated rings. The van der Waals surface area contributed by atoms with Crippen LogP contribution in [0.2, 0.25) is 0 Å². The maximum absolute atomic E-state index is 5.78. The number of nitrogens with two attached hydrogens (primary N) is 2. The maximum Gasteiger partial charge on any atom is 0.0948 e. The van der Waals surface area contributed by atoms with Crippen molar-refractivity contribution in [3.63, 3.8) is 0 Å². The summed E-state index contributed by atoms with van der Waals surface area (Å²) in [5.74, 6) is 0. The van der Waals surface area contributed by atoms with Crippen LogP contribution >= 0.6 is 0 Å². The van der Waals surface area contributed by atoms with Crippen LogP contribution in [0.3, 0.4) is 0 Å². The number of nitrogen functional groups attached to an aromatic ring is 2. The van der Waals surface area contributed by atoms with Gasteiger partial charge >= 0.3 is 0 Å². The van der Waals surface area contributed by atoms with E-state index in [2.05, 4.69) is 20.1 Å². The summed E-state index contributed by atoms with van der Waals surface area (Å²) in [6.07, 6.45) is 12.0. The van der Waals surface area contributed by atoms with Crippen molar-refractivity contribution in [2.75, 3.05) is 11.5 Å². The second-order valence-corrected chi connectivity index (χ2v) is 5.66. The quantitative estimate of drug-likeness (QED) is 0.574. The molecule has 0 unspecified atom stereocenters. The lowest BCUT2D eigenvalue weighted by Crippen LogP contribution is -1.97. The Morgan fingerprint density at radius 1 is 0.731 bits per heavy atom. The molecule has 0 aliphatic carbocycles. The molecule has 0 saturated heterocycles. The number of hydrogen-bond donors (Lipinski definition) is 2. The van der Waals surface area contributed by atoms with Gasteiger partial charge in [0, 0.05) is 43.8 Å². The lowest BCUT2D eigenvalue weighted by Gasteiger charge is -2.04. The van der Waals surface area contributed by atoms with E-state index < -0.39 is 0 Å². The average Bonchev–Trinajstić information content (AvgIpc) is 3.25. The molecule has 0 radical (unpaired) electrons. The van der Waals surface area contributed by atoms with Crippen molar-refractivity contribution >= 4 is 11.4 Å². The Morgan fingerprint density at radius 2 is 1.35 bits per heavy atom. The van der Waals surface area contributed by atoms with Crippen LogP contribution in [-0.4, -0.2) is 29.3 Å². The fourth-order valence-electron chi connectivity index (χ4n) is 2.53. The van der Waals surface area contributed by atoms with Gasteiger partial charge in [-0.05, 0) is 18.2 Å². The van der Waals surface area contributed by atoms with Gasteiger partial charge in [0.1, 0.15) is 0 Å². The number of imidazole rings is 1. The van der Waals surface area contributed by atoms with Crippen LogP contribution in [0.25, 0.3) is 22.5 Å². The third-order valence-electron chi connectivity index (χ3n) is 3.89. The number of aryl methyl sites for hydroxylation is 2. The Hall–Kier alpha value is -3.68. The number of rotatable bonds is 2. The molecule has 0 spiro atoms. The molecule has 0 aliphatic heterocycles. The number of hydrogen-bond acceptors (Lipinski definition) is 6. The van der Waals surface area contributed by atoms with E-state index in [4.69, 9.17) is 11.5 Å². The second kappa shape index (κ2) is 7.47. The molecule has 0 bridgehead atoms. The summed E-state index contributed by atoms with van der Waals surface area (Å²) in [4.78, 5) is 11.9. The number of anilines is 2. The predicted molar refractivity (Wildman–Crippen MR) is 102 cm³/mol. The summed E-state index contributed by atoms with van der Waals surface area (Å²) in [5, 5.41) is 4.07. The molecule has 8 nitrogen and oxygen atoms in total. The highest BCUT2D eigenvalue weighted by Crippen LogP contribution is 2.23. The molecule has 0 saturated carbocycles. The number of aromatic nitrogens is 6. The monoisotopic (exact) mass is 348 g/mol.